The van der Waals surface area contributed by atoms with Gasteiger partial charge in [-0.25, -0.2) is 0 Å². The van der Waals surface area contributed by atoms with Crippen LogP contribution in [-0.4, -0.2) is 46.7 Å². The monoisotopic (exact) mass is 426 g/mol. The number of hydrogen-bond acceptors (Lipinski definition) is 6. The number of Topliss-reactive ketones (excluding diaryl/α,β-unsaturated/α-hetero) is 1. The third-order valence-corrected chi connectivity index (χ3v) is 5.00. The Bertz CT molecular complexity index is 1030. The molecule has 3 rings (SSSR count). The number of carbonyl (C=O) groups excluding carboxylic acids is 2. The predicted molar refractivity (Wildman–Crippen MR) is 115 cm³/mol. The lowest BCUT2D eigenvalue weighted by atomic mass is 10.1. The third kappa shape index (κ3) is 5.24. The molecule has 2 aromatic heterocycles. The van der Waals surface area contributed by atoms with Crippen molar-refractivity contribution in [2.75, 3.05) is 25.1 Å². The molecule has 0 amide bonds. The number of hydrogen-bond donors (Lipinski definition) is 0. The van der Waals surface area contributed by atoms with Crippen molar-refractivity contribution >= 4 is 29.2 Å². The number of likely N-dealkylation sites (N-methyl/N-ethyl adjacent to an activating group) is 1. The number of esters is 1. The van der Waals surface area contributed by atoms with Gasteiger partial charge in [0.05, 0.1) is 0 Å². The zero-order valence-corrected chi connectivity index (χ0v) is 17.9. The zero-order valence-electron chi connectivity index (χ0n) is 17.1. The second-order valence-electron chi connectivity index (χ2n) is 7.01. The van der Waals surface area contributed by atoms with Gasteiger partial charge < -0.3 is 14.2 Å². The maximum absolute atomic E-state index is 12.6. The van der Waals surface area contributed by atoms with Gasteiger partial charge in [0.15, 0.2) is 17.6 Å². The molecule has 2 heterocycles. The van der Waals surface area contributed by atoms with Gasteiger partial charge in [0.1, 0.15) is 6.54 Å². The second-order valence-corrected chi connectivity index (χ2v) is 7.40. The smallest absolute Gasteiger partial charge is 0.326 e. The van der Waals surface area contributed by atoms with Crippen LogP contribution in [0.5, 0.6) is 0 Å². The fourth-order valence-corrected chi connectivity index (χ4v) is 3.25. The number of aromatic nitrogens is 3. The van der Waals surface area contributed by atoms with E-state index in [0.717, 1.165) is 17.0 Å². The summed E-state index contributed by atoms with van der Waals surface area (Å²) in [6.45, 7) is 4.17. The molecule has 7 nitrogen and oxygen atoms in total. The molecule has 0 N–H and O–H groups in total. The van der Waals surface area contributed by atoms with Gasteiger partial charge in [-0.15, -0.1) is 10.2 Å². The molecule has 0 unspecified atom stereocenters. The van der Waals surface area contributed by atoms with Crippen LogP contribution in [0.2, 0.25) is 5.15 Å². The van der Waals surface area contributed by atoms with Crippen LogP contribution in [0.1, 0.15) is 27.3 Å². The van der Waals surface area contributed by atoms with Crippen LogP contribution in [0.25, 0.3) is 0 Å². The molecule has 0 atom stereocenters. The largest absolute Gasteiger partial charge is 0.456 e. The van der Waals surface area contributed by atoms with Crippen molar-refractivity contribution in [2.45, 2.75) is 20.4 Å². The summed E-state index contributed by atoms with van der Waals surface area (Å²) >= 11 is 5.71. The first-order chi connectivity index (χ1) is 14.3. The molecule has 0 aliphatic heterocycles. The van der Waals surface area contributed by atoms with Crippen LogP contribution in [-0.2, 0) is 16.1 Å². The van der Waals surface area contributed by atoms with E-state index in [4.69, 9.17) is 16.3 Å². The van der Waals surface area contributed by atoms with E-state index >= 15 is 0 Å². The maximum Gasteiger partial charge on any atom is 0.326 e. The quantitative estimate of drug-likeness (QED) is 0.405. The molecule has 0 aliphatic rings. The molecule has 0 saturated heterocycles. The first kappa shape index (κ1) is 21.5. The Hall–Kier alpha value is -3.19. The number of carbonyl (C=O) groups is 2. The van der Waals surface area contributed by atoms with E-state index < -0.39 is 5.97 Å². The summed E-state index contributed by atoms with van der Waals surface area (Å²) in [6.07, 6.45) is 0. The number of nitrogens with zero attached hydrogens (tertiary/aromatic N) is 4. The molecular weight excluding hydrogens is 404 g/mol. The van der Waals surface area contributed by atoms with E-state index in [-0.39, 0.29) is 24.1 Å². The SMILES string of the molecule is Cc1cc(C(=O)COC(=O)CN(C)c2ccc(Cl)nn2)c(C)n1Cc1ccccc1. The summed E-state index contributed by atoms with van der Waals surface area (Å²) in [7, 11) is 1.68. The fourth-order valence-electron chi connectivity index (χ4n) is 3.15. The molecule has 0 bridgehead atoms. The summed E-state index contributed by atoms with van der Waals surface area (Å²) in [5.41, 5.74) is 3.55. The molecule has 3 aromatic rings. The van der Waals surface area contributed by atoms with E-state index in [0.29, 0.717) is 17.9 Å². The Morgan fingerprint density at radius 1 is 1.10 bits per heavy atom. The number of benzene rings is 1. The first-order valence-electron chi connectivity index (χ1n) is 9.45. The molecule has 0 aliphatic carbocycles. The number of ether oxygens (including phenoxy) is 1. The summed E-state index contributed by atoms with van der Waals surface area (Å²) in [5.74, 6) is -0.280. The molecule has 0 fully saturated rings. The van der Waals surface area contributed by atoms with Gasteiger partial charge in [0.2, 0.25) is 5.78 Å². The lowest BCUT2D eigenvalue weighted by molar-refractivity contribution is -0.140. The highest BCUT2D eigenvalue weighted by Crippen LogP contribution is 2.18. The van der Waals surface area contributed by atoms with E-state index in [2.05, 4.69) is 14.8 Å². The van der Waals surface area contributed by atoms with Crippen LogP contribution in [0.4, 0.5) is 5.82 Å². The number of rotatable bonds is 8. The van der Waals surface area contributed by atoms with Gasteiger partial charge in [-0.3, -0.25) is 9.59 Å². The average Bonchev–Trinajstić information content (AvgIpc) is 3.01. The lowest BCUT2D eigenvalue weighted by Crippen LogP contribution is -2.29. The summed E-state index contributed by atoms with van der Waals surface area (Å²) in [4.78, 5) is 26.3. The van der Waals surface area contributed by atoms with Crippen molar-refractivity contribution in [3.63, 3.8) is 0 Å². The number of halogens is 1. The Morgan fingerprint density at radius 2 is 1.83 bits per heavy atom. The first-order valence-corrected chi connectivity index (χ1v) is 9.83. The minimum atomic E-state index is -0.527. The van der Waals surface area contributed by atoms with E-state index in [1.807, 2.05) is 50.2 Å². The van der Waals surface area contributed by atoms with Crippen molar-refractivity contribution in [3.05, 3.63) is 76.2 Å². The summed E-state index contributed by atoms with van der Waals surface area (Å²) < 4.78 is 7.26. The second kappa shape index (κ2) is 9.54. The van der Waals surface area contributed by atoms with Gasteiger partial charge in [0, 0.05) is 30.5 Å². The topological polar surface area (TPSA) is 77.3 Å². The van der Waals surface area contributed by atoms with Crippen molar-refractivity contribution < 1.29 is 14.3 Å². The Kier molecular flexibility index (Phi) is 6.84. The molecule has 0 spiro atoms. The Labute approximate surface area is 180 Å². The van der Waals surface area contributed by atoms with Crippen molar-refractivity contribution in [1.29, 1.82) is 0 Å². The number of anilines is 1. The normalized spacial score (nSPS) is 10.7. The minimum absolute atomic E-state index is 0.0589. The molecule has 1 aromatic carbocycles. The standard InChI is InChI=1S/C22H23ClN4O3/c1-15-11-18(16(2)27(15)12-17-7-5-4-6-8-17)19(28)14-30-22(29)13-26(3)21-10-9-20(23)24-25-21/h4-11H,12-14H2,1-3H3. The molecule has 156 valence electrons. The zero-order chi connectivity index (χ0) is 21.7. The number of aryl methyl sites for hydroxylation is 1. The molecule has 30 heavy (non-hydrogen) atoms. The maximum atomic E-state index is 12.6. The van der Waals surface area contributed by atoms with Crippen LogP contribution < -0.4 is 4.90 Å². The van der Waals surface area contributed by atoms with Crippen molar-refractivity contribution in [3.8, 4) is 0 Å². The summed E-state index contributed by atoms with van der Waals surface area (Å²) in [5, 5.41) is 7.90. The van der Waals surface area contributed by atoms with Crippen molar-refractivity contribution in [1.82, 2.24) is 14.8 Å². The van der Waals surface area contributed by atoms with Gasteiger partial charge in [-0.05, 0) is 37.6 Å². The van der Waals surface area contributed by atoms with E-state index in [1.54, 1.807) is 24.1 Å². The minimum Gasteiger partial charge on any atom is -0.456 e. The number of ketones is 1. The van der Waals surface area contributed by atoms with Gasteiger partial charge in [-0.2, -0.15) is 0 Å². The highest BCUT2D eigenvalue weighted by molar-refractivity contribution is 6.29. The summed E-state index contributed by atoms with van der Waals surface area (Å²) in [6, 6.07) is 15.1. The third-order valence-electron chi connectivity index (χ3n) is 4.80. The Morgan fingerprint density at radius 3 is 2.50 bits per heavy atom. The average molecular weight is 427 g/mol. The molecule has 0 saturated carbocycles. The molecule has 0 radical (unpaired) electrons. The van der Waals surface area contributed by atoms with Crippen LogP contribution in [0.15, 0.2) is 48.5 Å². The van der Waals surface area contributed by atoms with E-state index in [1.165, 1.54) is 0 Å². The molecular formula is C22H23ClN4O3. The van der Waals surface area contributed by atoms with Gasteiger partial charge in [0.25, 0.3) is 0 Å². The van der Waals surface area contributed by atoms with Crippen LogP contribution in [0.3, 0.4) is 0 Å². The van der Waals surface area contributed by atoms with Gasteiger partial charge >= 0.3 is 5.97 Å². The molecule has 8 heteroatoms. The fraction of sp³-hybridized carbons (Fsp3) is 0.273. The highest BCUT2D eigenvalue weighted by atomic mass is 35.5. The van der Waals surface area contributed by atoms with Crippen molar-refractivity contribution in [2.24, 2.45) is 0 Å². The lowest BCUT2D eigenvalue weighted by Gasteiger charge is -2.16. The van der Waals surface area contributed by atoms with Crippen LogP contribution in [0, 0.1) is 13.8 Å². The van der Waals surface area contributed by atoms with Crippen LogP contribution >= 0.6 is 11.6 Å². The van der Waals surface area contributed by atoms with Gasteiger partial charge in [-0.1, -0.05) is 41.9 Å². The highest BCUT2D eigenvalue weighted by Gasteiger charge is 2.18. The Balaban J connectivity index is 1.58. The van der Waals surface area contributed by atoms with E-state index in [9.17, 15) is 9.59 Å². The predicted octanol–water partition coefficient (Wildman–Crippen LogP) is 3.46.